The highest BCUT2D eigenvalue weighted by atomic mass is 79.9. The van der Waals surface area contributed by atoms with Crippen LogP contribution in [0.5, 0.6) is 11.6 Å². The molecule has 0 amide bonds. The molecule has 0 aliphatic carbocycles. The number of rotatable bonds is 2. The van der Waals surface area contributed by atoms with Crippen LogP contribution in [0.15, 0.2) is 41.0 Å². The molecule has 0 radical (unpaired) electrons. The van der Waals surface area contributed by atoms with Crippen LogP contribution in [0.2, 0.25) is 0 Å². The number of hydrogen-bond donors (Lipinski definition) is 0. The molecule has 0 atom stereocenters. The molecule has 1 aromatic heterocycles. The van der Waals surface area contributed by atoms with Crippen LogP contribution in [0.1, 0.15) is 0 Å². The lowest BCUT2D eigenvalue weighted by Gasteiger charge is -2.06. The standard InChI is InChI=1S/C11H6BrF2NO/c12-7-4-5-10(15-6-7)16-11-8(13)2-1-3-9(11)14/h1-6H. The first-order valence-corrected chi connectivity index (χ1v) is 5.19. The van der Waals surface area contributed by atoms with Gasteiger partial charge in [0.15, 0.2) is 11.6 Å². The Bertz CT molecular complexity index is 482. The molecule has 0 unspecified atom stereocenters. The summed E-state index contributed by atoms with van der Waals surface area (Å²) in [5.74, 6) is -1.83. The first-order chi connectivity index (χ1) is 7.66. The molecule has 0 aliphatic heterocycles. The monoisotopic (exact) mass is 285 g/mol. The molecule has 0 N–H and O–H groups in total. The van der Waals surface area contributed by atoms with E-state index in [0.29, 0.717) is 0 Å². The quantitative estimate of drug-likeness (QED) is 0.835. The Balaban J connectivity index is 2.30. The zero-order valence-corrected chi connectivity index (χ0v) is 9.54. The van der Waals surface area contributed by atoms with Gasteiger partial charge in [0.1, 0.15) is 0 Å². The number of ether oxygens (including phenoxy) is 1. The Kier molecular flexibility index (Phi) is 3.14. The average Bonchev–Trinajstić information content (AvgIpc) is 2.26. The summed E-state index contributed by atoms with van der Waals surface area (Å²) < 4.78 is 32.2. The van der Waals surface area contributed by atoms with Gasteiger partial charge in [-0.15, -0.1) is 0 Å². The summed E-state index contributed by atoms with van der Waals surface area (Å²) >= 11 is 3.19. The maximum Gasteiger partial charge on any atom is 0.219 e. The highest BCUT2D eigenvalue weighted by Gasteiger charge is 2.10. The highest BCUT2D eigenvalue weighted by molar-refractivity contribution is 9.10. The van der Waals surface area contributed by atoms with Crippen LogP contribution in [0.25, 0.3) is 0 Å². The molecule has 2 nitrogen and oxygen atoms in total. The van der Waals surface area contributed by atoms with E-state index in [1.54, 1.807) is 6.07 Å². The lowest BCUT2D eigenvalue weighted by Crippen LogP contribution is -1.93. The molecule has 0 spiro atoms. The molecule has 0 saturated heterocycles. The Morgan fingerprint density at radius 2 is 1.75 bits per heavy atom. The highest BCUT2D eigenvalue weighted by Crippen LogP contribution is 2.26. The lowest BCUT2D eigenvalue weighted by atomic mass is 10.3. The van der Waals surface area contributed by atoms with Crippen molar-refractivity contribution in [2.24, 2.45) is 0 Å². The molecule has 0 aliphatic rings. The van der Waals surface area contributed by atoms with E-state index >= 15 is 0 Å². The van der Waals surface area contributed by atoms with Gasteiger partial charge in [-0.1, -0.05) is 6.07 Å². The van der Waals surface area contributed by atoms with E-state index in [2.05, 4.69) is 20.9 Å². The van der Waals surface area contributed by atoms with Gasteiger partial charge in [0.25, 0.3) is 0 Å². The van der Waals surface area contributed by atoms with Crippen LogP contribution >= 0.6 is 15.9 Å². The predicted octanol–water partition coefficient (Wildman–Crippen LogP) is 3.91. The summed E-state index contributed by atoms with van der Waals surface area (Å²) in [6.45, 7) is 0. The number of nitrogens with zero attached hydrogens (tertiary/aromatic N) is 1. The van der Waals surface area contributed by atoms with Crippen LogP contribution in [0.4, 0.5) is 8.78 Å². The van der Waals surface area contributed by atoms with Crippen LogP contribution in [0.3, 0.4) is 0 Å². The molecule has 1 aromatic carbocycles. The third-order valence-corrected chi connectivity index (χ3v) is 2.29. The molecule has 82 valence electrons. The van der Waals surface area contributed by atoms with Crippen LogP contribution in [-0.4, -0.2) is 4.98 Å². The molecule has 5 heteroatoms. The molecule has 16 heavy (non-hydrogen) atoms. The molecule has 2 aromatic rings. The van der Waals surface area contributed by atoms with Gasteiger partial charge in [0.2, 0.25) is 11.6 Å². The molecule has 0 saturated carbocycles. The van der Waals surface area contributed by atoms with Gasteiger partial charge >= 0.3 is 0 Å². The van der Waals surface area contributed by atoms with Gasteiger partial charge < -0.3 is 4.74 Å². The fourth-order valence-electron chi connectivity index (χ4n) is 1.11. The number of pyridine rings is 1. The van der Waals surface area contributed by atoms with Crippen LogP contribution in [0, 0.1) is 11.6 Å². The van der Waals surface area contributed by atoms with Crippen LogP contribution < -0.4 is 4.74 Å². The number of benzene rings is 1. The van der Waals surface area contributed by atoms with Gasteiger partial charge in [0, 0.05) is 16.7 Å². The summed E-state index contributed by atoms with van der Waals surface area (Å²) in [4.78, 5) is 3.85. The number of halogens is 3. The van der Waals surface area contributed by atoms with E-state index in [9.17, 15) is 8.78 Å². The zero-order valence-electron chi connectivity index (χ0n) is 7.95. The van der Waals surface area contributed by atoms with Gasteiger partial charge in [0.05, 0.1) is 0 Å². The zero-order chi connectivity index (χ0) is 11.5. The minimum atomic E-state index is -0.760. The van der Waals surface area contributed by atoms with Gasteiger partial charge in [-0.05, 0) is 34.1 Å². The summed E-state index contributed by atoms with van der Waals surface area (Å²) in [5.41, 5.74) is 0. The van der Waals surface area contributed by atoms with Gasteiger partial charge in [-0.2, -0.15) is 0 Å². The molecule has 0 fully saturated rings. The SMILES string of the molecule is Fc1cccc(F)c1Oc1ccc(Br)cn1. The van der Waals surface area contributed by atoms with Crippen molar-refractivity contribution in [3.05, 3.63) is 52.6 Å². The largest absolute Gasteiger partial charge is 0.433 e. The van der Waals surface area contributed by atoms with E-state index < -0.39 is 17.4 Å². The Hall–Kier alpha value is -1.49. The van der Waals surface area contributed by atoms with Crippen molar-refractivity contribution in [3.63, 3.8) is 0 Å². The summed E-state index contributed by atoms with van der Waals surface area (Å²) in [6.07, 6.45) is 1.48. The Morgan fingerprint density at radius 1 is 1.06 bits per heavy atom. The summed E-state index contributed by atoms with van der Waals surface area (Å²) in [5, 5.41) is 0. The molecular formula is C11H6BrF2NO. The van der Waals surface area contributed by atoms with E-state index in [0.717, 1.165) is 16.6 Å². The van der Waals surface area contributed by atoms with Gasteiger partial charge in [-0.25, -0.2) is 13.8 Å². The second-order valence-electron chi connectivity index (χ2n) is 2.97. The van der Waals surface area contributed by atoms with Crippen molar-refractivity contribution in [1.82, 2.24) is 4.98 Å². The topological polar surface area (TPSA) is 22.1 Å². The Labute approximate surface area is 99.0 Å². The predicted molar refractivity (Wildman–Crippen MR) is 58.4 cm³/mol. The normalized spacial score (nSPS) is 10.2. The van der Waals surface area contributed by atoms with Crippen LogP contribution in [-0.2, 0) is 0 Å². The summed E-state index contributed by atoms with van der Waals surface area (Å²) in [7, 11) is 0. The Morgan fingerprint density at radius 3 is 2.31 bits per heavy atom. The van der Waals surface area contributed by atoms with Crippen molar-refractivity contribution in [3.8, 4) is 11.6 Å². The van der Waals surface area contributed by atoms with Crippen molar-refractivity contribution in [2.45, 2.75) is 0 Å². The third kappa shape index (κ3) is 2.36. The number of para-hydroxylation sites is 1. The van der Waals surface area contributed by atoms with Crippen molar-refractivity contribution >= 4 is 15.9 Å². The summed E-state index contributed by atoms with van der Waals surface area (Å²) in [6, 6.07) is 6.69. The van der Waals surface area contributed by atoms with Crippen molar-refractivity contribution < 1.29 is 13.5 Å². The van der Waals surface area contributed by atoms with E-state index in [-0.39, 0.29) is 5.88 Å². The van der Waals surface area contributed by atoms with Gasteiger partial charge in [-0.3, -0.25) is 0 Å². The fourth-order valence-corrected chi connectivity index (χ4v) is 1.34. The molecule has 2 rings (SSSR count). The first kappa shape index (κ1) is 11.0. The maximum absolute atomic E-state index is 13.2. The number of hydrogen-bond acceptors (Lipinski definition) is 2. The number of aromatic nitrogens is 1. The molecule has 1 heterocycles. The smallest absolute Gasteiger partial charge is 0.219 e. The lowest BCUT2D eigenvalue weighted by molar-refractivity contribution is 0.395. The van der Waals surface area contributed by atoms with E-state index in [4.69, 9.17) is 4.74 Å². The van der Waals surface area contributed by atoms with Crippen molar-refractivity contribution in [2.75, 3.05) is 0 Å². The van der Waals surface area contributed by atoms with E-state index in [1.165, 1.54) is 18.3 Å². The minimum Gasteiger partial charge on any atom is -0.433 e. The van der Waals surface area contributed by atoms with E-state index in [1.807, 2.05) is 0 Å². The van der Waals surface area contributed by atoms with Crippen molar-refractivity contribution in [1.29, 1.82) is 0 Å². The first-order valence-electron chi connectivity index (χ1n) is 4.40. The maximum atomic E-state index is 13.2. The average molecular weight is 286 g/mol. The second-order valence-corrected chi connectivity index (χ2v) is 3.88. The second kappa shape index (κ2) is 4.57. The molecular weight excluding hydrogens is 280 g/mol. The minimum absolute atomic E-state index is 0.132. The third-order valence-electron chi connectivity index (χ3n) is 1.83. The fraction of sp³-hybridized carbons (Fsp3) is 0. The molecule has 0 bridgehead atoms.